The fourth-order valence-corrected chi connectivity index (χ4v) is 3.34. The largest absolute Gasteiger partial charge is 0.497 e. The predicted octanol–water partition coefficient (Wildman–Crippen LogP) is -0.366. The van der Waals surface area contributed by atoms with Crippen LogP contribution < -0.4 is 15.4 Å². The van der Waals surface area contributed by atoms with Gasteiger partial charge in [-0.1, -0.05) is 12.1 Å². The van der Waals surface area contributed by atoms with Crippen LogP contribution in [0.4, 0.5) is 0 Å². The van der Waals surface area contributed by atoms with Crippen LogP contribution in [-0.2, 0) is 16.1 Å². The van der Waals surface area contributed by atoms with Gasteiger partial charge in [0.25, 0.3) is 0 Å². The van der Waals surface area contributed by atoms with Crippen LogP contribution in [-0.4, -0.2) is 59.7 Å². The van der Waals surface area contributed by atoms with Crippen LogP contribution in [0.3, 0.4) is 0 Å². The zero-order valence-corrected chi connectivity index (χ0v) is 13.9. The van der Waals surface area contributed by atoms with Crippen LogP contribution in [0, 0.1) is 0 Å². The minimum Gasteiger partial charge on any atom is -0.497 e. The molecule has 1 aromatic rings. The van der Waals surface area contributed by atoms with Crippen LogP contribution in [0.15, 0.2) is 24.3 Å². The number of hydrogen-bond acceptors (Lipinski definition) is 5. The summed E-state index contributed by atoms with van der Waals surface area (Å²) >= 11 is 0. The summed E-state index contributed by atoms with van der Waals surface area (Å²) < 4.78 is 5.21. The van der Waals surface area contributed by atoms with E-state index in [1.807, 2.05) is 24.3 Å². The SMILES string of the molecule is COc1cccc(CN[C@H]2C[C@H]3C(=O)N[C@@H]([C@@H](C)O)C(=O)N3C2)c1. The minimum atomic E-state index is -0.897. The molecule has 4 atom stereocenters. The molecule has 2 aliphatic rings. The monoisotopic (exact) mass is 333 g/mol. The fraction of sp³-hybridized carbons (Fsp3) is 0.529. The molecule has 0 aromatic heterocycles. The topological polar surface area (TPSA) is 90.9 Å². The Morgan fingerprint density at radius 1 is 1.46 bits per heavy atom. The van der Waals surface area contributed by atoms with E-state index in [9.17, 15) is 14.7 Å². The summed E-state index contributed by atoms with van der Waals surface area (Å²) in [7, 11) is 1.63. The number of ether oxygens (including phenoxy) is 1. The van der Waals surface area contributed by atoms with Crippen molar-refractivity contribution < 1.29 is 19.4 Å². The van der Waals surface area contributed by atoms with Gasteiger partial charge < -0.3 is 25.4 Å². The maximum Gasteiger partial charge on any atom is 0.248 e. The van der Waals surface area contributed by atoms with E-state index in [-0.39, 0.29) is 17.9 Å². The van der Waals surface area contributed by atoms with Crippen LogP contribution in [0.5, 0.6) is 5.75 Å². The molecule has 0 saturated carbocycles. The van der Waals surface area contributed by atoms with E-state index < -0.39 is 18.2 Å². The summed E-state index contributed by atoms with van der Waals surface area (Å²) in [5.74, 6) is 0.402. The van der Waals surface area contributed by atoms with Crippen molar-refractivity contribution in [1.82, 2.24) is 15.5 Å². The van der Waals surface area contributed by atoms with Gasteiger partial charge in [-0.15, -0.1) is 0 Å². The lowest BCUT2D eigenvalue weighted by Crippen LogP contribution is -2.64. The maximum atomic E-state index is 12.4. The molecule has 24 heavy (non-hydrogen) atoms. The lowest BCUT2D eigenvalue weighted by molar-refractivity contribution is -0.149. The van der Waals surface area contributed by atoms with Crippen LogP contribution >= 0.6 is 0 Å². The zero-order valence-electron chi connectivity index (χ0n) is 13.9. The van der Waals surface area contributed by atoms with Gasteiger partial charge >= 0.3 is 0 Å². The molecule has 2 fully saturated rings. The Kier molecular flexibility index (Phi) is 4.73. The molecule has 3 rings (SSSR count). The summed E-state index contributed by atoms with van der Waals surface area (Å²) in [6, 6.07) is 6.52. The average molecular weight is 333 g/mol. The lowest BCUT2D eigenvalue weighted by atomic mass is 10.0. The number of carbonyl (C=O) groups is 2. The number of aliphatic hydroxyl groups is 1. The van der Waals surface area contributed by atoms with Gasteiger partial charge in [-0.05, 0) is 31.0 Å². The third-order valence-corrected chi connectivity index (χ3v) is 4.66. The first-order valence-corrected chi connectivity index (χ1v) is 8.15. The molecular formula is C17H23N3O4. The molecular weight excluding hydrogens is 310 g/mol. The number of nitrogens with one attached hydrogen (secondary N) is 2. The molecule has 3 N–H and O–H groups in total. The van der Waals surface area contributed by atoms with Crippen molar-refractivity contribution in [3.05, 3.63) is 29.8 Å². The number of piperazine rings is 1. The van der Waals surface area contributed by atoms with Crippen molar-refractivity contribution >= 4 is 11.8 Å². The summed E-state index contributed by atoms with van der Waals surface area (Å²) in [4.78, 5) is 26.2. The fourth-order valence-electron chi connectivity index (χ4n) is 3.34. The van der Waals surface area contributed by atoms with Crippen molar-refractivity contribution in [2.45, 2.75) is 44.1 Å². The first-order chi connectivity index (χ1) is 11.5. The zero-order chi connectivity index (χ0) is 17.3. The first-order valence-electron chi connectivity index (χ1n) is 8.15. The number of amides is 2. The molecule has 0 bridgehead atoms. The van der Waals surface area contributed by atoms with E-state index >= 15 is 0 Å². The van der Waals surface area contributed by atoms with Gasteiger partial charge in [-0.2, -0.15) is 0 Å². The highest BCUT2D eigenvalue weighted by Crippen LogP contribution is 2.24. The van der Waals surface area contributed by atoms with Crippen molar-refractivity contribution in [2.75, 3.05) is 13.7 Å². The molecule has 2 amide bonds. The van der Waals surface area contributed by atoms with Gasteiger partial charge in [0.15, 0.2) is 0 Å². The van der Waals surface area contributed by atoms with Gasteiger partial charge in [-0.25, -0.2) is 0 Å². The van der Waals surface area contributed by atoms with Gasteiger partial charge in [0.2, 0.25) is 11.8 Å². The number of methoxy groups -OCH3 is 1. The van der Waals surface area contributed by atoms with Crippen LogP contribution in [0.2, 0.25) is 0 Å². The molecule has 0 spiro atoms. The Morgan fingerprint density at radius 2 is 2.25 bits per heavy atom. The Morgan fingerprint density at radius 3 is 2.96 bits per heavy atom. The second-order valence-corrected chi connectivity index (χ2v) is 6.40. The molecule has 0 radical (unpaired) electrons. The van der Waals surface area contributed by atoms with Crippen LogP contribution in [0.25, 0.3) is 0 Å². The molecule has 7 nitrogen and oxygen atoms in total. The van der Waals surface area contributed by atoms with Crippen molar-refractivity contribution in [3.63, 3.8) is 0 Å². The summed E-state index contributed by atoms with van der Waals surface area (Å²) in [5, 5.41) is 15.7. The van der Waals surface area contributed by atoms with E-state index in [1.165, 1.54) is 6.92 Å². The number of carbonyl (C=O) groups excluding carboxylic acids is 2. The van der Waals surface area contributed by atoms with E-state index in [4.69, 9.17) is 4.74 Å². The van der Waals surface area contributed by atoms with Gasteiger partial charge in [0, 0.05) is 19.1 Å². The Labute approximate surface area is 141 Å². The standard InChI is InChI=1S/C17H23N3O4/c1-10(21)15-17(23)20-9-12(7-14(20)16(22)19-15)18-8-11-4-3-5-13(6-11)24-2/h3-6,10,12,14-15,18,21H,7-9H2,1-2H3,(H,19,22)/t10-,12+,14+,15+/m1/s1. The quantitative estimate of drug-likeness (QED) is 0.684. The average Bonchev–Trinajstić information content (AvgIpc) is 3.01. The number of fused-ring (bicyclic) bond motifs is 1. The molecule has 2 heterocycles. The number of rotatable bonds is 5. The minimum absolute atomic E-state index is 0.0450. The second-order valence-electron chi connectivity index (χ2n) is 6.40. The van der Waals surface area contributed by atoms with Gasteiger partial charge in [-0.3, -0.25) is 9.59 Å². The summed E-state index contributed by atoms with van der Waals surface area (Å²) in [5.41, 5.74) is 1.08. The van der Waals surface area contributed by atoms with Crippen molar-refractivity contribution in [1.29, 1.82) is 0 Å². The second kappa shape index (κ2) is 6.78. The normalized spacial score (nSPS) is 27.6. The van der Waals surface area contributed by atoms with E-state index in [1.54, 1.807) is 12.0 Å². The summed E-state index contributed by atoms with van der Waals surface area (Å²) in [6.07, 6.45) is -0.320. The van der Waals surface area contributed by atoms with Crippen molar-refractivity contribution in [2.24, 2.45) is 0 Å². The highest BCUT2D eigenvalue weighted by molar-refractivity contribution is 5.97. The lowest BCUT2D eigenvalue weighted by Gasteiger charge is -2.35. The van der Waals surface area contributed by atoms with Gasteiger partial charge in [0.05, 0.1) is 13.2 Å². The summed E-state index contributed by atoms with van der Waals surface area (Å²) in [6.45, 7) is 2.62. The molecule has 2 aliphatic heterocycles. The highest BCUT2D eigenvalue weighted by atomic mass is 16.5. The van der Waals surface area contributed by atoms with E-state index in [2.05, 4.69) is 10.6 Å². The Hall–Kier alpha value is -2.12. The molecule has 1 aromatic carbocycles. The maximum absolute atomic E-state index is 12.4. The van der Waals surface area contributed by atoms with E-state index in [0.29, 0.717) is 19.5 Å². The first kappa shape index (κ1) is 16.7. The highest BCUT2D eigenvalue weighted by Gasteiger charge is 2.47. The van der Waals surface area contributed by atoms with Crippen LogP contribution in [0.1, 0.15) is 18.9 Å². The Balaban J connectivity index is 1.62. The Bertz CT molecular complexity index is 634. The molecule has 7 heteroatoms. The number of nitrogens with zero attached hydrogens (tertiary/aromatic N) is 1. The number of benzene rings is 1. The number of hydrogen-bond donors (Lipinski definition) is 3. The molecule has 0 aliphatic carbocycles. The third kappa shape index (κ3) is 3.22. The van der Waals surface area contributed by atoms with Crippen molar-refractivity contribution in [3.8, 4) is 5.75 Å². The molecule has 2 saturated heterocycles. The third-order valence-electron chi connectivity index (χ3n) is 4.66. The smallest absolute Gasteiger partial charge is 0.248 e. The number of aliphatic hydroxyl groups excluding tert-OH is 1. The van der Waals surface area contributed by atoms with Gasteiger partial charge in [0.1, 0.15) is 17.8 Å². The molecule has 130 valence electrons. The van der Waals surface area contributed by atoms with E-state index in [0.717, 1.165) is 11.3 Å². The predicted molar refractivity (Wildman–Crippen MR) is 87.4 cm³/mol. The molecule has 0 unspecified atom stereocenters.